The number of amides is 1. The number of para-hydroxylation sites is 1. The minimum absolute atomic E-state index is 0.169. The van der Waals surface area contributed by atoms with E-state index in [1.54, 1.807) is 7.05 Å². The molecule has 3 heteroatoms. The number of nitrogens with one attached hydrogen (secondary N) is 1. The van der Waals surface area contributed by atoms with Gasteiger partial charge in [0.15, 0.2) is 0 Å². The minimum atomic E-state index is 0.169. The lowest BCUT2D eigenvalue weighted by atomic mass is 10.1. The van der Waals surface area contributed by atoms with Gasteiger partial charge in [-0.1, -0.05) is 25.1 Å². The minimum Gasteiger partial charge on any atom is -0.311 e. The van der Waals surface area contributed by atoms with Crippen LogP contribution in [0.15, 0.2) is 18.2 Å². The molecule has 1 amide bonds. The van der Waals surface area contributed by atoms with E-state index in [-0.39, 0.29) is 5.91 Å². The monoisotopic (exact) mass is 218 g/mol. The molecule has 1 aliphatic rings. The summed E-state index contributed by atoms with van der Waals surface area (Å²) in [6.07, 6.45) is 1.96. The number of benzene rings is 1. The molecule has 0 atom stereocenters. The van der Waals surface area contributed by atoms with Crippen molar-refractivity contribution < 1.29 is 4.79 Å². The van der Waals surface area contributed by atoms with E-state index < -0.39 is 0 Å². The van der Waals surface area contributed by atoms with Crippen molar-refractivity contribution >= 4 is 11.6 Å². The summed E-state index contributed by atoms with van der Waals surface area (Å²) in [4.78, 5) is 13.9. The summed E-state index contributed by atoms with van der Waals surface area (Å²) in [5.74, 6) is 0.169. The zero-order valence-electron chi connectivity index (χ0n) is 9.92. The van der Waals surface area contributed by atoms with Gasteiger partial charge in [-0.2, -0.15) is 0 Å². The van der Waals surface area contributed by atoms with Crippen LogP contribution in [0.1, 0.15) is 18.1 Å². The molecule has 1 aromatic carbocycles. The largest absolute Gasteiger partial charge is 0.311 e. The third kappa shape index (κ3) is 1.83. The molecule has 0 fully saturated rings. The van der Waals surface area contributed by atoms with Crippen LogP contribution in [0, 0.1) is 0 Å². The molecule has 1 aliphatic heterocycles. The van der Waals surface area contributed by atoms with Crippen LogP contribution in [0.2, 0.25) is 0 Å². The van der Waals surface area contributed by atoms with Crippen molar-refractivity contribution in [3.05, 3.63) is 29.3 Å². The number of carbonyl (C=O) groups is 1. The molecule has 1 N–H and O–H groups in total. The van der Waals surface area contributed by atoms with Crippen molar-refractivity contribution in [1.82, 2.24) is 5.32 Å². The third-order valence-electron chi connectivity index (χ3n) is 3.09. The standard InChI is InChI=1S/C13H18N2O/c1-3-10-5-4-6-11-7-8-15(13(10)11)12(16)9-14-2/h4-6,14H,3,7-9H2,1-2H3. The van der Waals surface area contributed by atoms with E-state index in [1.165, 1.54) is 11.1 Å². The molecule has 2 rings (SSSR count). The van der Waals surface area contributed by atoms with Crippen LogP contribution in [0.25, 0.3) is 0 Å². The molecule has 1 heterocycles. The van der Waals surface area contributed by atoms with Crippen LogP contribution >= 0.6 is 0 Å². The molecule has 0 aromatic heterocycles. The van der Waals surface area contributed by atoms with Gasteiger partial charge in [-0.3, -0.25) is 4.79 Å². The van der Waals surface area contributed by atoms with Crippen LogP contribution in [0.4, 0.5) is 5.69 Å². The maximum Gasteiger partial charge on any atom is 0.240 e. The van der Waals surface area contributed by atoms with E-state index in [4.69, 9.17) is 0 Å². The van der Waals surface area contributed by atoms with Gasteiger partial charge in [-0.05, 0) is 31.0 Å². The van der Waals surface area contributed by atoms with Crippen molar-refractivity contribution in [3.8, 4) is 0 Å². The van der Waals surface area contributed by atoms with Crippen molar-refractivity contribution in [2.24, 2.45) is 0 Å². The Balaban J connectivity index is 2.34. The summed E-state index contributed by atoms with van der Waals surface area (Å²) >= 11 is 0. The molecule has 0 saturated carbocycles. The fraction of sp³-hybridized carbons (Fsp3) is 0.462. The number of anilines is 1. The van der Waals surface area contributed by atoms with E-state index in [9.17, 15) is 4.79 Å². The Morgan fingerprint density at radius 3 is 3.00 bits per heavy atom. The maximum absolute atomic E-state index is 11.9. The number of hydrogen-bond acceptors (Lipinski definition) is 2. The highest BCUT2D eigenvalue weighted by atomic mass is 16.2. The van der Waals surface area contributed by atoms with Crippen LogP contribution in [-0.2, 0) is 17.6 Å². The number of fused-ring (bicyclic) bond motifs is 1. The number of hydrogen-bond donors (Lipinski definition) is 1. The van der Waals surface area contributed by atoms with Gasteiger partial charge in [-0.25, -0.2) is 0 Å². The summed E-state index contributed by atoms with van der Waals surface area (Å²) < 4.78 is 0. The Bertz CT molecular complexity index is 401. The normalized spacial score (nSPS) is 14.0. The Kier molecular flexibility index (Phi) is 3.25. The first-order valence-electron chi connectivity index (χ1n) is 5.83. The molecule has 0 aliphatic carbocycles. The zero-order valence-corrected chi connectivity index (χ0v) is 9.92. The van der Waals surface area contributed by atoms with Crippen molar-refractivity contribution in [3.63, 3.8) is 0 Å². The molecule has 0 saturated heterocycles. The summed E-state index contributed by atoms with van der Waals surface area (Å²) in [5, 5.41) is 2.92. The smallest absolute Gasteiger partial charge is 0.240 e. The molecular formula is C13H18N2O. The predicted octanol–water partition coefficient (Wildman–Crippen LogP) is 1.36. The number of nitrogens with zero attached hydrogens (tertiary/aromatic N) is 1. The van der Waals surface area contributed by atoms with Crippen molar-refractivity contribution in [2.45, 2.75) is 19.8 Å². The first kappa shape index (κ1) is 11.1. The van der Waals surface area contributed by atoms with Gasteiger partial charge in [0, 0.05) is 6.54 Å². The average Bonchev–Trinajstić information content (AvgIpc) is 2.72. The Morgan fingerprint density at radius 1 is 1.50 bits per heavy atom. The van der Waals surface area contributed by atoms with Gasteiger partial charge >= 0.3 is 0 Å². The van der Waals surface area contributed by atoms with Crippen LogP contribution in [0.3, 0.4) is 0 Å². The number of aryl methyl sites for hydroxylation is 1. The summed E-state index contributed by atoms with van der Waals surface area (Å²) in [6.45, 7) is 3.37. The fourth-order valence-corrected chi connectivity index (χ4v) is 2.32. The highest BCUT2D eigenvalue weighted by Gasteiger charge is 2.25. The van der Waals surface area contributed by atoms with Gasteiger partial charge in [0.2, 0.25) is 5.91 Å². The summed E-state index contributed by atoms with van der Waals surface area (Å²) in [5.41, 5.74) is 3.74. The summed E-state index contributed by atoms with van der Waals surface area (Å²) in [6, 6.07) is 6.33. The number of carbonyl (C=O) groups excluding carboxylic acids is 1. The van der Waals surface area contributed by atoms with Gasteiger partial charge in [0.25, 0.3) is 0 Å². The van der Waals surface area contributed by atoms with Crippen LogP contribution in [0.5, 0.6) is 0 Å². The lowest BCUT2D eigenvalue weighted by Gasteiger charge is -2.19. The molecule has 1 aromatic rings. The molecule has 3 nitrogen and oxygen atoms in total. The second-order valence-corrected chi connectivity index (χ2v) is 4.10. The van der Waals surface area contributed by atoms with Crippen molar-refractivity contribution in [1.29, 1.82) is 0 Å². The van der Waals surface area contributed by atoms with Crippen molar-refractivity contribution in [2.75, 3.05) is 25.0 Å². The van der Waals surface area contributed by atoms with Gasteiger partial charge < -0.3 is 10.2 Å². The lowest BCUT2D eigenvalue weighted by Crippen LogP contribution is -2.36. The molecule has 0 spiro atoms. The zero-order chi connectivity index (χ0) is 11.5. The topological polar surface area (TPSA) is 32.3 Å². The molecule has 86 valence electrons. The first-order chi connectivity index (χ1) is 7.77. The van der Waals surface area contributed by atoms with Gasteiger partial charge in [-0.15, -0.1) is 0 Å². The van der Waals surface area contributed by atoms with Gasteiger partial charge in [0.1, 0.15) is 0 Å². The second kappa shape index (κ2) is 4.66. The molecule has 0 radical (unpaired) electrons. The molecular weight excluding hydrogens is 200 g/mol. The maximum atomic E-state index is 11.9. The van der Waals surface area contributed by atoms with Crippen LogP contribution in [-0.4, -0.2) is 26.0 Å². The Hall–Kier alpha value is -1.35. The lowest BCUT2D eigenvalue weighted by molar-refractivity contribution is -0.117. The van der Waals surface area contributed by atoms with E-state index >= 15 is 0 Å². The van der Waals surface area contributed by atoms with Crippen LogP contribution < -0.4 is 10.2 Å². The Morgan fingerprint density at radius 2 is 2.31 bits per heavy atom. The van der Waals surface area contributed by atoms with Gasteiger partial charge in [0.05, 0.1) is 12.2 Å². The molecule has 16 heavy (non-hydrogen) atoms. The molecule has 0 unspecified atom stereocenters. The highest BCUT2D eigenvalue weighted by Crippen LogP contribution is 2.32. The predicted molar refractivity (Wildman–Crippen MR) is 65.8 cm³/mol. The fourth-order valence-electron chi connectivity index (χ4n) is 2.32. The molecule has 0 bridgehead atoms. The third-order valence-corrected chi connectivity index (χ3v) is 3.09. The van der Waals surface area contributed by atoms with E-state index in [2.05, 4.69) is 30.4 Å². The summed E-state index contributed by atoms with van der Waals surface area (Å²) in [7, 11) is 1.81. The Labute approximate surface area is 96.5 Å². The van der Waals surface area contributed by atoms with E-state index in [0.717, 1.165) is 25.1 Å². The van der Waals surface area contributed by atoms with E-state index in [0.29, 0.717) is 6.54 Å². The van der Waals surface area contributed by atoms with E-state index in [1.807, 2.05) is 4.90 Å². The highest BCUT2D eigenvalue weighted by molar-refractivity contribution is 5.97. The quantitative estimate of drug-likeness (QED) is 0.830. The second-order valence-electron chi connectivity index (χ2n) is 4.10. The number of likely N-dealkylation sites (N-methyl/N-ethyl adjacent to an activating group) is 1. The average molecular weight is 218 g/mol. The SMILES string of the molecule is CCc1cccc2c1N(C(=O)CNC)CC2. The first-order valence-corrected chi connectivity index (χ1v) is 5.83. The number of rotatable bonds is 3.